The highest BCUT2D eigenvalue weighted by atomic mass is 79.9. The number of H-pyrrole nitrogens is 1. The fraction of sp³-hybridized carbons (Fsp3) is 0.130. The number of benzene rings is 3. The maximum atomic E-state index is 6.27. The molecule has 4 rings (SSSR count). The molecule has 0 saturated carbocycles. The first-order valence-electron chi connectivity index (χ1n) is 9.76. The van der Waals surface area contributed by atoms with Crippen LogP contribution in [0, 0.1) is 4.77 Å². The molecule has 2 N–H and O–H groups in total. The third-order valence-electron chi connectivity index (χ3n) is 4.81. The van der Waals surface area contributed by atoms with Gasteiger partial charge in [-0.3, -0.25) is 0 Å². The normalized spacial score (nSPS) is 10.7. The Morgan fingerprint density at radius 2 is 1.84 bits per heavy atom. The van der Waals surface area contributed by atoms with Gasteiger partial charge in [0.05, 0.1) is 19.2 Å². The number of aromatic nitrogens is 3. The van der Waals surface area contributed by atoms with Gasteiger partial charge < -0.3 is 14.9 Å². The lowest BCUT2D eigenvalue weighted by Gasteiger charge is -2.16. The van der Waals surface area contributed by atoms with Crippen LogP contribution in [0.1, 0.15) is 11.1 Å². The van der Waals surface area contributed by atoms with Gasteiger partial charge in [0.15, 0.2) is 5.82 Å². The van der Waals surface area contributed by atoms with Crippen LogP contribution in [0.25, 0.3) is 11.4 Å². The number of aromatic amines is 1. The van der Waals surface area contributed by atoms with Crippen molar-refractivity contribution >= 4 is 39.7 Å². The lowest BCUT2D eigenvalue weighted by molar-refractivity contribution is 0.303. The zero-order chi connectivity index (χ0) is 22.5. The Morgan fingerprint density at radius 1 is 1.06 bits per heavy atom. The molecule has 4 aromatic rings. The van der Waals surface area contributed by atoms with E-state index in [9.17, 15) is 0 Å². The van der Waals surface area contributed by atoms with Gasteiger partial charge in [0.2, 0.25) is 4.77 Å². The molecule has 0 fully saturated rings. The summed E-state index contributed by atoms with van der Waals surface area (Å²) in [6.45, 7) is 0.819. The monoisotopic (exact) mass is 530 g/mol. The Labute approximate surface area is 204 Å². The Kier molecular flexibility index (Phi) is 7.14. The SMILES string of the molecule is COc1ccccc1-c1n[nH]c(=S)n1NCc1cc(Br)ccc1OCc1ccccc1Cl. The summed E-state index contributed by atoms with van der Waals surface area (Å²) >= 11 is 15.2. The highest BCUT2D eigenvalue weighted by Crippen LogP contribution is 2.29. The third-order valence-corrected chi connectivity index (χ3v) is 5.95. The van der Waals surface area contributed by atoms with Crippen molar-refractivity contribution in [2.24, 2.45) is 0 Å². The summed E-state index contributed by atoms with van der Waals surface area (Å²) < 4.78 is 14.7. The van der Waals surface area contributed by atoms with E-state index in [1.807, 2.05) is 66.7 Å². The van der Waals surface area contributed by atoms with Gasteiger partial charge in [-0.15, -0.1) is 0 Å². The van der Waals surface area contributed by atoms with Gasteiger partial charge >= 0.3 is 0 Å². The molecule has 0 aliphatic carbocycles. The summed E-state index contributed by atoms with van der Waals surface area (Å²) in [5, 5.41) is 7.90. The standard InChI is InChI=1S/C23H20BrClN4O2S/c1-30-21-9-5-3-7-18(21)22-27-28-23(32)29(22)26-13-16-12-17(24)10-11-20(16)31-14-15-6-2-4-8-19(15)25/h2-12,26H,13-14H2,1H3,(H,28,32). The molecule has 0 saturated heterocycles. The molecule has 9 heteroatoms. The summed E-state index contributed by atoms with van der Waals surface area (Å²) in [6.07, 6.45) is 0. The second-order valence-corrected chi connectivity index (χ2v) is 8.56. The molecule has 0 spiro atoms. The molecule has 0 radical (unpaired) electrons. The predicted molar refractivity (Wildman–Crippen MR) is 132 cm³/mol. The molecular formula is C23H20BrClN4O2S. The van der Waals surface area contributed by atoms with E-state index < -0.39 is 0 Å². The van der Waals surface area contributed by atoms with E-state index in [1.165, 1.54) is 0 Å². The van der Waals surface area contributed by atoms with E-state index in [-0.39, 0.29) is 0 Å². The Balaban J connectivity index is 1.57. The van der Waals surface area contributed by atoms with Gasteiger partial charge in [-0.25, -0.2) is 9.77 Å². The minimum Gasteiger partial charge on any atom is -0.496 e. The van der Waals surface area contributed by atoms with Crippen LogP contribution >= 0.6 is 39.7 Å². The number of hydrogen-bond acceptors (Lipinski definition) is 5. The summed E-state index contributed by atoms with van der Waals surface area (Å²) in [5.41, 5.74) is 6.03. The van der Waals surface area contributed by atoms with Gasteiger partial charge in [0, 0.05) is 20.6 Å². The van der Waals surface area contributed by atoms with Crippen LogP contribution < -0.4 is 14.9 Å². The first-order valence-corrected chi connectivity index (χ1v) is 11.3. The van der Waals surface area contributed by atoms with Crippen molar-refractivity contribution in [3.05, 3.63) is 92.1 Å². The van der Waals surface area contributed by atoms with Gasteiger partial charge in [-0.05, 0) is 48.6 Å². The molecule has 6 nitrogen and oxygen atoms in total. The second kappa shape index (κ2) is 10.2. The molecule has 32 heavy (non-hydrogen) atoms. The van der Waals surface area contributed by atoms with E-state index in [0.29, 0.717) is 34.5 Å². The average Bonchev–Trinajstić information content (AvgIpc) is 3.18. The second-order valence-electron chi connectivity index (χ2n) is 6.86. The van der Waals surface area contributed by atoms with E-state index in [0.717, 1.165) is 26.9 Å². The molecule has 0 atom stereocenters. The van der Waals surface area contributed by atoms with Crippen molar-refractivity contribution in [2.45, 2.75) is 13.2 Å². The average molecular weight is 532 g/mol. The zero-order valence-electron chi connectivity index (χ0n) is 17.1. The predicted octanol–water partition coefficient (Wildman–Crippen LogP) is 6.35. The molecule has 1 heterocycles. The minimum atomic E-state index is 0.367. The van der Waals surface area contributed by atoms with Crippen LogP contribution in [0.5, 0.6) is 11.5 Å². The van der Waals surface area contributed by atoms with E-state index in [1.54, 1.807) is 11.8 Å². The summed E-state index contributed by atoms with van der Waals surface area (Å²) in [4.78, 5) is 0. The van der Waals surface area contributed by atoms with Crippen LogP contribution in [0.4, 0.5) is 0 Å². The van der Waals surface area contributed by atoms with Crippen LogP contribution in [0.3, 0.4) is 0 Å². The lowest BCUT2D eigenvalue weighted by atomic mass is 10.2. The topological polar surface area (TPSA) is 64.1 Å². The van der Waals surface area contributed by atoms with E-state index in [4.69, 9.17) is 33.3 Å². The maximum absolute atomic E-state index is 6.27. The first-order chi connectivity index (χ1) is 15.6. The van der Waals surface area contributed by atoms with E-state index >= 15 is 0 Å². The van der Waals surface area contributed by atoms with Gasteiger partial charge in [0.1, 0.15) is 18.1 Å². The molecular weight excluding hydrogens is 512 g/mol. The lowest BCUT2D eigenvalue weighted by Crippen LogP contribution is -2.16. The van der Waals surface area contributed by atoms with Crippen molar-refractivity contribution in [3.8, 4) is 22.9 Å². The van der Waals surface area contributed by atoms with Gasteiger partial charge in [-0.1, -0.05) is 57.9 Å². The molecule has 0 amide bonds. The zero-order valence-corrected chi connectivity index (χ0v) is 20.3. The quantitative estimate of drug-likeness (QED) is 0.259. The smallest absolute Gasteiger partial charge is 0.214 e. The molecule has 0 aliphatic heterocycles. The van der Waals surface area contributed by atoms with Crippen molar-refractivity contribution in [1.82, 2.24) is 14.9 Å². The number of methoxy groups -OCH3 is 1. The molecule has 164 valence electrons. The number of hydrogen-bond donors (Lipinski definition) is 2. The highest BCUT2D eigenvalue weighted by molar-refractivity contribution is 9.10. The summed E-state index contributed by atoms with van der Waals surface area (Å²) in [6, 6.07) is 21.1. The first kappa shape index (κ1) is 22.4. The highest BCUT2D eigenvalue weighted by Gasteiger charge is 2.14. The minimum absolute atomic E-state index is 0.367. The number of para-hydroxylation sites is 1. The largest absolute Gasteiger partial charge is 0.496 e. The number of halogens is 2. The van der Waals surface area contributed by atoms with Gasteiger partial charge in [0.25, 0.3) is 0 Å². The fourth-order valence-electron chi connectivity index (χ4n) is 3.22. The van der Waals surface area contributed by atoms with Crippen LogP contribution in [-0.4, -0.2) is 22.0 Å². The Bertz CT molecular complexity index is 1290. The Hall–Kier alpha value is -2.81. The number of ether oxygens (including phenoxy) is 2. The number of nitrogens with zero attached hydrogens (tertiary/aromatic N) is 2. The fourth-order valence-corrected chi connectivity index (χ4v) is 4.01. The summed E-state index contributed by atoms with van der Waals surface area (Å²) in [5.74, 6) is 2.08. The maximum Gasteiger partial charge on any atom is 0.214 e. The van der Waals surface area contributed by atoms with Crippen molar-refractivity contribution in [3.63, 3.8) is 0 Å². The van der Waals surface area contributed by atoms with Crippen molar-refractivity contribution < 1.29 is 9.47 Å². The van der Waals surface area contributed by atoms with Crippen molar-refractivity contribution in [2.75, 3.05) is 12.5 Å². The molecule has 0 aliphatic rings. The molecule has 0 bridgehead atoms. The summed E-state index contributed by atoms with van der Waals surface area (Å²) in [7, 11) is 1.63. The van der Waals surface area contributed by atoms with E-state index in [2.05, 4.69) is 31.6 Å². The Morgan fingerprint density at radius 3 is 2.66 bits per heavy atom. The van der Waals surface area contributed by atoms with Crippen molar-refractivity contribution in [1.29, 1.82) is 0 Å². The number of nitrogens with one attached hydrogen (secondary N) is 2. The molecule has 1 aromatic heterocycles. The van der Waals surface area contributed by atoms with Gasteiger partial charge in [-0.2, -0.15) is 5.10 Å². The molecule has 0 unspecified atom stereocenters. The number of rotatable bonds is 8. The third kappa shape index (κ3) is 4.98. The van der Waals surface area contributed by atoms with Crippen LogP contribution in [0.2, 0.25) is 5.02 Å². The van der Waals surface area contributed by atoms with Crippen LogP contribution in [-0.2, 0) is 13.2 Å². The van der Waals surface area contributed by atoms with Crippen LogP contribution in [0.15, 0.2) is 71.2 Å². The molecule has 3 aromatic carbocycles.